The molecule has 0 aromatic heterocycles. The third-order valence-corrected chi connectivity index (χ3v) is 8.72. The molecular weight excluding hydrogens is 562 g/mol. The van der Waals surface area contributed by atoms with E-state index >= 15 is 0 Å². The normalized spacial score (nSPS) is 12.1. The molecule has 0 saturated carbocycles. The van der Waals surface area contributed by atoms with Crippen LogP contribution in [0.5, 0.6) is 5.75 Å². The first-order valence-corrected chi connectivity index (χ1v) is 15.2. The molecule has 0 radical (unpaired) electrons. The van der Waals surface area contributed by atoms with E-state index in [1.807, 2.05) is 52.0 Å². The van der Waals surface area contributed by atoms with Crippen molar-refractivity contribution in [1.82, 2.24) is 10.2 Å². The summed E-state index contributed by atoms with van der Waals surface area (Å²) >= 11 is 6.37. The minimum atomic E-state index is -4.20. The van der Waals surface area contributed by atoms with E-state index in [1.165, 1.54) is 36.3 Å². The molecule has 10 heteroatoms. The predicted molar refractivity (Wildman–Crippen MR) is 163 cm³/mol. The Labute approximate surface area is 248 Å². The van der Waals surface area contributed by atoms with E-state index in [2.05, 4.69) is 5.32 Å². The fourth-order valence-electron chi connectivity index (χ4n) is 4.10. The zero-order valence-corrected chi connectivity index (χ0v) is 25.9. The fourth-order valence-corrected chi connectivity index (χ4v) is 5.76. The molecular formula is C31H38ClN3O5S. The predicted octanol–water partition coefficient (Wildman–Crippen LogP) is 5.35. The maximum absolute atomic E-state index is 14.0. The van der Waals surface area contributed by atoms with Crippen molar-refractivity contribution in [2.24, 2.45) is 5.92 Å². The second-order valence-electron chi connectivity index (χ2n) is 10.5. The van der Waals surface area contributed by atoms with Gasteiger partial charge in [0.25, 0.3) is 10.0 Å². The summed E-state index contributed by atoms with van der Waals surface area (Å²) in [6, 6.07) is 17.7. The summed E-state index contributed by atoms with van der Waals surface area (Å²) < 4.78 is 34.1. The first-order chi connectivity index (χ1) is 19.3. The average Bonchev–Trinajstić information content (AvgIpc) is 2.93. The van der Waals surface area contributed by atoms with Gasteiger partial charge in [-0.15, -0.1) is 0 Å². The van der Waals surface area contributed by atoms with Gasteiger partial charge in [0.15, 0.2) is 0 Å². The van der Waals surface area contributed by atoms with Crippen molar-refractivity contribution in [3.63, 3.8) is 0 Å². The summed E-state index contributed by atoms with van der Waals surface area (Å²) in [5, 5.41) is 3.08. The van der Waals surface area contributed by atoms with Crippen molar-refractivity contribution >= 4 is 39.1 Å². The molecule has 0 unspecified atom stereocenters. The van der Waals surface area contributed by atoms with Gasteiger partial charge in [-0.3, -0.25) is 13.9 Å². The van der Waals surface area contributed by atoms with Crippen LogP contribution in [0.15, 0.2) is 71.6 Å². The Hall–Kier alpha value is -3.56. The zero-order chi connectivity index (χ0) is 30.3. The second kappa shape index (κ2) is 13.9. The molecule has 0 aliphatic carbocycles. The van der Waals surface area contributed by atoms with E-state index in [0.29, 0.717) is 12.3 Å². The number of hydrogen-bond donors (Lipinski definition) is 1. The molecule has 0 aliphatic heterocycles. The molecule has 0 bridgehead atoms. The van der Waals surface area contributed by atoms with Gasteiger partial charge in [-0.25, -0.2) is 8.42 Å². The van der Waals surface area contributed by atoms with Crippen molar-refractivity contribution in [1.29, 1.82) is 0 Å². The van der Waals surface area contributed by atoms with Crippen LogP contribution in [0.4, 0.5) is 5.69 Å². The number of anilines is 1. The number of rotatable bonds is 12. The van der Waals surface area contributed by atoms with Crippen LogP contribution >= 0.6 is 11.6 Å². The van der Waals surface area contributed by atoms with Crippen LogP contribution in [0.3, 0.4) is 0 Å². The van der Waals surface area contributed by atoms with Gasteiger partial charge in [-0.2, -0.15) is 0 Å². The van der Waals surface area contributed by atoms with Gasteiger partial charge in [0.1, 0.15) is 18.3 Å². The molecule has 41 heavy (non-hydrogen) atoms. The summed E-state index contributed by atoms with van der Waals surface area (Å²) in [7, 11) is -2.74. The smallest absolute Gasteiger partial charge is 0.264 e. The first-order valence-electron chi connectivity index (χ1n) is 13.4. The Morgan fingerprint density at radius 2 is 1.51 bits per heavy atom. The number of sulfonamides is 1. The third-order valence-electron chi connectivity index (χ3n) is 6.64. The summed E-state index contributed by atoms with van der Waals surface area (Å²) in [6.07, 6.45) is 0. The minimum absolute atomic E-state index is 0.0238. The summed E-state index contributed by atoms with van der Waals surface area (Å²) in [6.45, 7) is 9.45. The topological polar surface area (TPSA) is 96.0 Å². The number of hydrogen-bond acceptors (Lipinski definition) is 5. The van der Waals surface area contributed by atoms with E-state index in [9.17, 15) is 18.0 Å². The number of amides is 2. The van der Waals surface area contributed by atoms with E-state index in [0.717, 1.165) is 21.0 Å². The Balaban J connectivity index is 2.04. The van der Waals surface area contributed by atoms with Crippen LogP contribution in [-0.4, -0.2) is 51.4 Å². The number of nitrogens with one attached hydrogen (secondary N) is 1. The maximum Gasteiger partial charge on any atom is 0.264 e. The van der Waals surface area contributed by atoms with E-state index in [1.54, 1.807) is 25.1 Å². The summed E-state index contributed by atoms with van der Waals surface area (Å²) in [4.78, 5) is 28.5. The van der Waals surface area contributed by atoms with Crippen LogP contribution in [-0.2, 0) is 26.2 Å². The van der Waals surface area contributed by atoms with Gasteiger partial charge < -0.3 is 15.0 Å². The average molecular weight is 600 g/mol. The lowest BCUT2D eigenvalue weighted by Crippen LogP contribution is -2.51. The molecule has 220 valence electrons. The van der Waals surface area contributed by atoms with Gasteiger partial charge in [-0.05, 0) is 62.6 Å². The van der Waals surface area contributed by atoms with E-state index in [-0.39, 0.29) is 34.0 Å². The van der Waals surface area contributed by atoms with Crippen molar-refractivity contribution in [3.8, 4) is 5.75 Å². The third kappa shape index (κ3) is 8.24. The Morgan fingerprint density at radius 3 is 2.05 bits per heavy atom. The number of ether oxygens (including phenoxy) is 1. The summed E-state index contributed by atoms with van der Waals surface area (Å²) in [5.74, 6) is -0.270. The highest BCUT2D eigenvalue weighted by Crippen LogP contribution is 2.32. The van der Waals surface area contributed by atoms with Crippen LogP contribution in [0, 0.1) is 19.8 Å². The van der Waals surface area contributed by atoms with Gasteiger partial charge in [-0.1, -0.05) is 73.0 Å². The SMILES string of the molecule is COc1ccc(N(CC(=O)N(Cc2ccc(C)cc2)[C@@H](C)C(=O)NCC(C)C)S(=O)(=O)c2ccc(C)cc2)cc1Cl. The molecule has 0 spiro atoms. The lowest BCUT2D eigenvalue weighted by Gasteiger charge is -2.32. The van der Waals surface area contributed by atoms with Crippen LogP contribution in [0.2, 0.25) is 5.02 Å². The molecule has 2 amide bonds. The number of benzene rings is 3. The van der Waals surface area contributed by atoms with Gasteiger partial charge in [0.2, 0.25) is 11.8 Å². The van der Waals surface area contributed by atoms with Crippen molar-refractivity contribution in [2.45, 2.75) is 52.1 Å². The number of methoxy groups -OCH3 is 1. The standard InChI is InChI=1S/C31H38ClN3O5S/c1-21(2)18-33-31(37)24(5)34(19-25-11-7-22(3)8-12-25)30(36)20-35(26-13-16-29(40-6)28(32)17-26)41(38,39)27-14-9-23(4)10-15-27/h7-17,21,24H,18-20H2,1-6H3,(H,33,37)/t24-/m0/s1. The van der Waals surface area contributed by atoms with E-state index < -0.39 is 28.5 Å². The largest absolute Gasteiger partial charge is 0.495 e. The zero-order valence-electron chi connectivity index (χ0n) is 24.3. The van der Waals surface area contributed by atoms with Gasteiger partial charge >= 0.3 is 0 Å². The number of halogens is 1. The Bertz CT molecular complexity index is 1460. The molecule has 0 aliphatic rings. The second-order valence-corrected chi connectivity index (χ2v) is 12.7. The molecule has 0 saturated heterocycles. The molecule has 0 fully saturated rings. The van der Waals surface area contributed by atoms with Gasteiger partial charge in [0, 0.05) is 13.1 Å². The lowest BCUT2D eigenvalue weighted by molar-refractivity contribution is -0.139. The highest BCUT2D eigenvalue weighted by molar-refractivity contribution is 7.92. The lowest BCUT2D eigenvalue weighted by atomic mass is 10.1. The fraction of sp³-hybridized carbons (Fsp3) is 0.355. The number of carbonyl (C=O) groups is 2. The molecule has 3 aromatic rings. The molecule has 1 N–H and O–H groups in total. The highest BCUT2D eigenvalue weighted by Gasteiger charge is 2.33. The van der Waals surface area contributed by atoms with Crippen LogP contribution in [0.25, 0.3) is 0 Å². The minimum Gasteiger partial charge on any atom is -0.495 e. The molecule has 8 nitrogen and oxygen atoms in total. The Morgan fingerprint density at radius 1 is 0.927 bits per heavy atom. The molecule has 0 heterocycles. The van der Waals surface area contributed by atoms with Crippen molar-refractivity contribution < 1.29 is 22.7 Å². The van der Waals surface area contributed by atoms with Crippen molar-refractivity contribution in [3.05, 3.63) is 88.4 Å². The van der Waals surface area contributed by atoms with Crippen LogP contribution < -0.4 is 14.4 Å². The number of carbonyl (C=O) groups excluding carboxylic acids is 2. The summed E-state index contributed by atoms with van der Waals surface area (Å²) in [5.41, 5.74) is 2.95. The molecule has 3 aromatic carbocycles. The highest BCUT2D eigenvalue weighted by atomic mass is 35.5. The van der Waals surface area contributed by atoms with Gasteiger partial charge in [0.05, 0.1) is 22.7 Å². The Kier molecular flexibility index (Phi) is 10.8. The first kappa shape index (κ1) is 32.0. The monoisotopic (exact) mass is 599 g/mol. The molecule has 1 atom stereocenters. The number of nitrogens with zero attached hydrogens (tertiary/aromatic N) is 2. The maximum atomic E-state index is 14.0. The quantitative estimate of drug-likeness (QED) is 0.303. The van der Waals surface area contributed by atoms with E-state index in [4.69, 9.17) is 16.3 Å². The molecule has 3 rings (SSSR count). The number of aryl methyl sites for hydroxylation is 2. The van der Waals surface area contributed by atoms with Crippen molar-refractivity contribution in [2.75, 3.05) is 24.5 Å². The van der Waals surface area contributed by atoms with Crippen LogP contribution in [0.1, 0.15) is 37.5 Å².